The maximum absolute atomic E-state index is 5.58. The van der Waals surface area contributed by atoms with Gasteiger partial charge in [-0.1, -0.05) is 6.07 Å². The molecule has 0 atom stereocenters. The minimum Gasteiger partial charge on any atom is -0.491 e. The number of benzene rings is 1. The van der Waals surface area contributed by atoms with Gasteiger partial charge in [-0.2, -0.15) is 0 Å². The van der Waals surface area contributed by atoms with E-state index >= 15 is 0 Å². The van der Waals surface area contributed by atoms with Gasteiger partial charge in [0.05, 0.1) is 18.8 Å². The number of nitrogens with zero attached hydrogens (tertiary/aromatic N) is 1. The first-order chi connectivity index (χ1) is 10.2. The van der Waals surface area contributed by atoms with Crippen LogP contribution in [0.1, 0.15) is 5.69 Å². The lowest BCUT2D eigenvalue weighted by Gasteiger charge is -2.10. The van der Waals surface area contributed by atoms with Gasteiger partial charge in [0.25, 0.3) is 0 Å². The zero-order valence-electron chi connectivity index (χ0n) is 11.6. The van der Waals surface area contributed by atoms with Crippen LogP contribution in [-0.2, 0) is 11.3 Å². The number of pyridine rings is 1. The number of methoxy groups -OCH3 is 1. The molecule has 0 unspecified atom stereocenters. The molecular weight excluding hydrogens is 400 g/mol. The van der Waals surface area contributed by atoms with Crippen LogP contribution in [0.3, 0.4) is 0 Å². The van der Waals surface area contributed by atoms with Gasteiger partial charge in [0.15, 0.2) is 0 Å². The predicted octanol–water partition coefficient (Wildman–Crippen LogP) is 4.24. The lowest BCUT2D eigenvalue weighted by atomic mass is 10.3. The molecule has 0 aliphatic carbocycles. The van der Waals surface area contributed by atoms with E-state index in [1.54, 1.807) is 13.3 Å². The standard InChI is InChI=1S/C15H16Br2N2O2/c1-20-5-6-21-13-4-2-3-12(8-13)18-10-15-14(17)7-11(16)9-19-15/h2-4,7-9,18H,5-6,10H2,1H3. The van der Waals surface area contributed by atoms with Crippen molar-refractivity contribution in [2.45, 2.75) is 6.54 Å². The van der Waals surface area contributed by atoms with Gasteiger partial charge >= 0.3 is 0 Å². The van der Waals surface area contributed by atoms with E-state index in [2.05, 4.69) is 42.2 Å². The van der Waals surface area contributed by atoms with Gasteiger partial charge in [0, 0.05) is 34.0 Å². The number of nitrogens with one attached hydrogen (secondary N) is 1. The molecule has 1 N–H and O–H groups in total. The highest BCUT2D eigenvalue weighted by molar-refractivity contribution is 9.11. The second kappa shape index (κ2) is 8.36. The van der Waals surface area contributed by atoms with Crippen LogP contribution >= 0.6 is 31.9 Å². The molecule has 0 saturated heterocycles. The van der Waals surface area contributed by atoms with Crippen molar-refractivity contribution in [1.82, 2.24) is 4.98 Å². The summed E-state index contributed by atoms with van der Waals surface area (Å²) in [4.78, 5) is 4.37. The van der Waals surface area contributed by atoms with Crippen molar-refractivity contribution in [1.29, 1.82) is 0 Å². The SMILES string of the molecule is COCCOc1cccc(NCc2ncc(Br)cc2Br)c1. The molecule has 1 aromatic heterocycles. The zero-order chi connectivity index (χ0) is 15.1. The van der Waals surface area contributed by atoms with Crippen LogP contribution in [0.15, 0.2) is 45.5 Å². The van der Waals surface area contributed by atoms with Gasteiger partial charge in [-0.05, 0) is 50.1 Å². The van der Waals surface area contributed by atoms with Gasteiger partial charge < -0.3 is 14.8 Å². The van der Waals surface area contributed by atoms with Gasteiger partial charge in [-0.3, -0.25) is 4.98 Å². The smallest absolute Gasteiger partial charge is 0.121 e. The van der Waals surface area contributed by atoms with Crippen LogP contribution in [0.25, 0.3) is 0 Å². The zero-order valence-corrected chi connectivity index (χ0v) is 14.8. The Bertz CT molecular complexity index is 594. The lowest BCUT2D eigenvalue weighted by molar-refractivity contribution is 0.146. The predicted molar refractivity (Wildman–Crippen MR) is 90.8 cm³/mol. The van der Waals surface area contributed by atoms with E-state index in [4.69, 9.17) is 9.47 Å². The number of anilines is 1. The van der Waals surface area contributed by atoms with Crippen molar-refractivity contribution in [3.05, 3.63) is 51.2 Å². The highest BCUT2D eigenvalue weighted by Gasteiger charge is 2.03. The minimum absolute atomic E-state index is 0.541. The fourth-order valence-electron chi connectivity index (χ4n) is 1.70. The molecular formula is C15H16Br2N2O2. The van der Waals surface area contributed by atoms with E-state index in [1.165, 1.54) is 0 Å². The Morgan fingerprint density at radius 1 is 1.19 bits per heavy atom. The van der Waals surface area contributed by atoms with Crippen LogP contribution in [0.5, 0.6) is 5.75 Å². The topological polar surface area (TPSA) is 43.4 Å². The molecule has 112 valence electrons. The van der Waals surface area contributed by atoms with E-state index in [9.17, 15) is 0 Å². The Hall–Kier alpha value is -1.11. The number of aromatic nitrogens is 1. The third-order valence-electron chi connectivity index (χ3n) is 2.73. The summed E-state index contributed by atoms with van der Waals surface area (Å²) in [6.07, 6.45) is 1.78. The largest absolute Gasteiger partial charge is 0.491 e. The number of ether oxygens (including phenoxy) is 2. The van der Waals surface area contributed by atoms with Gasteiger partial charge in [0.1, 0.15) is 12.4 Å². The van der Waals surface area contributed by atoms with Crippen molar-refractivity contribution in [2.24, 2.45) is 0 Å². The number of hydrogen-bond acceptors (Lipinski definition) is 4. The van der Waals surface area contributed by atoms with Crippen LogP contribution in [0.2, 0.25) is 0 Å². The second-order valence-electron chi connectivity index (χ2n) is 4.30. The van der Waals surface area contributed by atoms with E-state index in [-0.39, 0.29) is 0 Å². The summed E-state index contributed by atoms with van der Waals surface area (Å²) in [5.41, 5.74) is 1.94. The summed E-state index contributed by atoms with van der Waals surface area (Å²) in [6, 6.07) is 9.82. The Labute approximate surface area is 141 Å². The molecule has 2 rings (SSSR count). The third-order valence-corrected chi connectivity index (χ3v) is 3.85. The molecule has 0 radical (unpaired) electrons. The Morgan fingerprint density at radius 2 is 2.05 bits per heavy atom. The number of hydrogen-bond donors (Lipinski definition) is 1. The summed E-state index contributed by atoms with van der Waals surface area (Å²) < 4.78 is 12.5. The van der Waals surface area contributed by atoms with Crippen molar-refractivity contribution in [3.8, 4) is 5.75 Å². The van der Waals surface area contributed by atoms with E-state index in [0.29, 0.717) is 19.8 Å². The summed E-state index contributed by atoms with van der Waals surface area (Å²) in [7, 11) is 1.66. The van der Waals surface area contributed by atoms with Crippen molar-refractivity contribution in [2.75, 3.05) is 25.6 Å². The molecule has 0 bridgehead atoms. The molecule has 0 spiro atoms. The second-order valence-corrected chi connectivity index (χ2v) is 6.07. The fourth-order valence-corrected chi connectivity index (χ4v) is 2.83. The number of halogens is 2. The van der Waals surface area contributed by atoms with E-state index in [0.717, 1.165) is 26.1 Å². The monoisotopic (exact) mass is 414 g/mol. The van der Waals surface area contributed by atoms with E-state index < -0.39 is 0 Å². The average molecular weight is 416 g/mol. The molecule has 0 aliphatic heterocycles. The average Bonchev–Trinajstić information content (AvgIpc) is 2.47. The first-order valence-corrected chi connectivity index (χ1v) is 8.03. The molecule has 0 aliphatic rings. The molecule has 0 saturated carbocycles. The summed E-state index contributed by atoms with van der Waals surface area (Å²) in [5.74, 6) is 0.819. The first kappa shape index (κ1) is 16.3. The Balaban J connectivity index is 1.95. The molecule has 6 heteroatoms. The van der Waals surface area contributed by atoms with Crippen molar-refractivity contribution >= 4 is 37.5 Å². The molecule has 0 fully saturated rings. The first-order valence-electron chi connectivity index (χ1n) is 6.44. The maximum Gasteiger partial charge on any atom is 0.121 e. The highest BCUT2D eigenvalue weighted by atomic mass is 79.9. The minimum atomic E-state index is 0.541. The fraction of sp³-hybridized carbons (Fsp3) is 0.267. The summed E-state index contributed by atoms with van der Waals surface area (Å²) >= 11 is 6.90. The Morgan fingerprint density at radius 3 is 2.81 bits per heavy atom. The van der Waals surface area contributed by atoms with Crippen molar-refractivity contribution in [3.63, 3.8) is 0 Å². The van der Waals surface area contributed by atoms with Gasteiger partial charge in [0.2, 0.25) is 0 Å². The van der Waals surface area contributed by atoms with Crippen LogP contribution in [0, 0.1) is 0 Å². The molecule has 1 aromatic carbocycles. The van der Waals surface area contributed by atoms with Crippen LogP contribution < -0.4 is 10.1 Å². The molecule has 2 aromatic rings. The van der Waals surface area contributed by atoms with Crippen LogP contribution in [-0.4, -0.2) is 25.3 Å². The normalized spacial score (nSPS) is 10.4. The number of rotatable bonds is 7. The highest BCUT2D eigenvalue weighted by Crippen LogP contribution is 2.22. The third kappa shape index (κ3) is 5.30. The summed E-state index contributed by atoms with van der Waals surface area (Å²) in [6.45, 7) is 1.75. The maximum atomic E-state index is 5.58. The van der Waals surface area contributed by atoms with Crippen LogP contribution in [0.4, 0.5) is 5.69 Å². The quantitative estimate of drug-likeness (QED) is 0.686. The molecule has 21 heavy (non-hydrogen) atoms. The lowest BCUT2D eigenvalue weighted by Crippen LogP contribution is -2.05. The van der Waals surface area contributed by atoms with Gasteiger partial charge in [-0.25, -0.2) is 0 Å². The molecule has 0 amide bonds. The summed E-state index contributed by atoms with van der Waals surface area (Å²) in [5, 5.41) is 3.33. The molecule has 4 nitrogen and oxygen atoms in total. The Kier molecular flexibility index (Phi) is 6.48. The van der Waals surface area contributed by atoms with Gasteiger partial charge in [-0.15, -0.1) is 0 Å². The van der Waals surface area contributed by atoms with Crippen molar-refractivity contribution < 1.29 is 9.47 Å². The van der Waals surface area contributed by atoms with E-state index in [1.807, 2.05) is 30.3 Å². The molecule has 1 heterocycles.